The van der Waals surface area contributed by atoms with Gasteiger partial charge in [0.05, 0.1) is 11.4 Å². The molecule has 0 unspecified atom stereocenters. The Morgan fingerprint density at radius 3 is 1.53 bits per heavy atom. The molecule has 3 rings (SSSR count). The third kappa shape index (κ3) is 1.53. The van der Waals surface area contributed by atoms with Crippen LogP contribution in [0.4, 0.5) is 0 Å². The monoisotopic (exact) mass is 218 g/mol. The van der Waals surface area contributed by atoms with Crippen molar-refractivity contribution < 1.29 is 0 Å². The van der Waals surface area contributed by atoms with Gasteiger partial charge in [0.2, 0.25) is 0 Å². The first-order chi connectivity index (χ1) is 6.95. The molecule has 2 nitrogen and oxygen atoms in total. The van der Waals surface area contributed by atoms with Crippen LogP contribution >= 0.6 is 12.4 Å². The molecule has 0 bridgehead atoms. The normalized spacial score (nSPS) is 20.3. The van der Waals surface area contributed by atoms with E-state index >= 15 is 0 Å². The SMILES string of the molecule is C1=CC2=C3C=CC=CN3C=CN2C=C1.Cl. The van der Waals surface area contributed by atoms with Gasteiger partial charge in [-0.2, -0.15) is 0 Å². The summed E-state index contributed by atoms with van der Waals surface area (Å²) >= 11 is 0. The lowest BCUT2D eigenvalue weighted by atomic mass is 10.1. The Balaban J connectivity index is 0.000000853. The molecule has 0 amide bonds. The van der Waals surface area contributed by atoms with Gasteiger partial charge in [-0.25, -0.2) is 0 Å². The highest BCUT2D eigenvalue weighted by atomic mass is 35.5. The summed E-state index contributed by atoms with van der Waals surface area (Å²) in [4.78, 5) is 4.24. The zero-order valence-electron chi connectivity index (χ0n) is 8.08. The largest absolute Gasteiger partial charge is 0.320 e. The topological polar surface area (TPSA) is 6.48 Å². The fourth-order valence-electron chi connectivity index (χ4n) is 1.75. The molecule has 3 heterocycles. The predicted octanol–water partition coefficient (Wildman–Crippen LogP) is 2.88. The first-order valence-electron chi connectivity index (χ1n) is 4.64. The van der Waals surface area contributed by atoms with E-state index in [1.54, 1.807) is 0 Å². The second kappa shape index (κ2) is 3.83. The number of rotatable bonds is 0. The van der Waals surface area contributed by atoms with Gasteiger partial charge in [-0.15, -0.1) is 12.4 Å². The van der Waals surface area contributed by atoms with Gasteiger partial charge < -0.3 is 9.80 Å². The van der Waals surface area contributed by atoms with Crippen LogP contribution in [0.2, 0.25) is 0 Å². The molecule has 0 atom stereocenters. The van der Waals surface area contributed by atoms with Crippen LogP contribution < -0.4 is 0 Å². The molecule has 76 valence electrons. The number of nitrogens with zero attached hydrogens (tertiary/aromatic N) is 2. The molecule has 0 spiro atoms. The summed E-state index contributed by atoms with van der Waals surface area (Å²) in [6.45, 7) is 0. The minimum Gasteiger partial charge on any atom is -0.320 e. The zero-order valence-corrected chi connectivity index (χ0v) is 8.89. The molecule has 0 aliphatic carbocycles. The highest BCUT2D eigenvalue weighted by Crippen LogP contribution is 2.27. The van der Waals surface area contributed by atoms with Gasteiger partial charge in [-0.05, 0) is 24.3 Å². The summed E-state index contributed by atoms with van der Waals surface area (Å²) in [7, 11) is 0. The average molecular weight is 219 g/mol. The van der Waals surface area contributed by atoms with E-state index in [-0.39, 0.29) is 12.4 Å². The van der Waals surface area contributed by atoms with Gasteiger partial charge in [0.1, 0.15) is 0 Å². The first kappa shape index (κ1) is 9.87. The summed E-state index contributed by atoms with van der Waals surface area (Å²) in [5.74, 6) is 0. The molecular weight excluding hydrogens is 208 g/mol. The number of allylic oxidation sites excluding steroid dienone is 6. The fraction of sp³-hybridized carbons (Fsp3) is 0. The summed E-state index contributed by atoms with van der Waals surface area (Å²) in [6, 6.07) is 0. The van der Waals surface area contributed by atoms with E-state index in [2.05, 4.69) is 58.9 Å². The Morgan fingerprint density at radius 2 is 1.07 bits per heavy atom. The Morgan fingerprint density at radius 1 is 0.600 bits per heavy atom. The number of fused-ring (bicyclic) bond motifs is 2. The maximum Gasteiger partial charge on any atom is 0.0692 e. The number of hydrogen-bond donors (Lipinski definition) is 0. The molecule has 0 fully saturated rings. The van der Waals surface area contributed by atoms with E-state index in [0.717, 1.165) is 0 Å². The molecule has 0 N–H and O–H groups in total. The molecule has 0 aromatic carbocycles. The van der Waals surface area contributed by atoms with Crippen molar-refractivity contribution in [1.29, 1.82) is 0 Å². The van der Waals surface area contributed by atoms with Crippen LogP contribution in [0.25, 0.3) is 0 Å². The second-order valence-corrected chi connectivity index (χ2v) is 3.28. The Hall–Kier alpha value is -1.67. The van der Waals surface area contributed by atoms with Crippen LogP contribution in [-0.2, 0) is 0 Å². The molecule has 3 aliphatic rings. The van der Waals surface area contributed by atoms with E-state index in [1.807, 2.05) is 12.2 Å². The van der Waals surface area contributed by atoms with E-state index in [4.69, 9.17) is 0 Å². The van der Waals surface area contributed by atoms with Crippen LogP contribution in [-0.4, -0.2) is 9.80 Å². The lowest BCUT2D eigenvalue weighted by molar-refractivity contribution is 0.520. The summed E-state index contributed by atoms with van der Waals surface area (Å²) in [5.41, 5.74) is 2.44. The maximum atomic E-state index is 2.12. The summed E-state index contributed by atoms with van der Waals surface area (Å²) < 4.78 is 0. The van der Waals surface area contributed by atoms with Crippen LogP contribution in [0.15, 0.2) is 72.7 Å². The van der Waals surface area contributed by atoms with Gasteiger partial charge in [-0.3, -0.25) is 0 Å². The predicted molar refractivity (Wildman–Crippen MR) is 63.7 cm³/mol. The lowest BCUT2D eigenvalue weighted by Gasteiger charge is -2.32. The minimum absolute atomic E-state index is 0. The van der Waals surface area contributed by atoms with E-state index < -0.39 is 0 Å². The zero-order chi connectivity index (χ0) is 9.38. The molecule has 0 saturated heterocycles. The molecule has 3 aliphatic heterocycles. The highest BCUT2D eigenvalue weighted by Gasteiger charge is 2.17. The van der Waals surface area contributed by atoms with E-state index in [9.17, 15) is 0 Å². The molecule has 0 saturated carbocycles. The van der Waals surface area contributed by atoms with Gasteiger partial charge in [0, 0.05) is 24.8 Å². The standard InChI is InChI=1S/C12H10N2.ClH/c1-3-7-13-9-10-14-8-4-2-6-12(14)11(13)5-1;/h1-10H;1H. The van der Waals surface area contributed by atoms with Crippen molar-refractivity contribution in [1.82, 2.24) is 9.80 Å². The first-order valence-corrected chi connectivity index (χ1v) is 4.64. The van der Waals surface area contributed by atoms with Crippen LogP contribution in [0.1, 0.15) is 0 Å². The van der Waals surface area contributed by atoms with Gasteiger partial charge >= 0.3 is 0 Å². The Labute approximate surface area is 95.3 Å². The smallest absolute Gasteiger partial charge is 0.0692 e. The maximum absolute atomic E-state index is 2.12. The third-order valence-corrected chi connectivity index (χ3v) is 2.43. The average Bonchev–Trinajstić information content (AvgIpc) is 2.29. The van der Waals surface area contributed by atoms with E-state index in [1.165, 1.54) is 11.4 Å². The van der Waals surface area contributed by atoms with Crippen LogP contribution in [0.5, 0.6) is 0 Å². The molecule has 0 radical (unpaired) electrons. The Kier molecular flexibility index (Phi) is 2.52. The molecule has 0 aromatic rings. The van der Waals surface area contributed by atoms with Crippen molar-refractivity contribution in [3.8, 4) is 0 Å². The van der Waals surface area contributed by atoms with Crippen molar-refractivity contribution in [2.45, 2.75) is 0 Å². The second-order valence-electron chi connectivity index (χ2n) is 3.28. The fourth-order valence-corrected chi connectivity index (χ4v) is 1.75. The Bertz CT molecular complexity index is 399. The van der Waals surface area contributed by atoms with Gasteiger partial charge in [0.15, 0.2) is 0 Å². The van der Waals surface area contributed by atoms with Crippen LogP contribution in [0.3, 0.4) is 0 Å². The van der Waals surface area contributed by atoms with Crippen molar-refractivity contribution in [3.05, 3.63) is 72.7 Å². The van der Waals surface area contributed by atoms with Crippen molar-refractivity contribution >= 4 is 12.4 Å². The highest BCUT2D eigenvalue weighted by molar-refractivity contribution is 5.85. The minimum atomic E-state index is 0. The number of halogens is 1. The molecule has 3 heteroatoms. The molecular formula is C12H11ClN2. The summed E-state index contributed by atoms with van der Waals surface area (Å²) in [5, 5.41) is 0. The van der Waals surface area contributed by atoms with Gasteiger partial charge in [0.25, 0.3) is 0 Å². The summed E-state index contributed by atoms with van der Waals surface area (Å²) in [6.07, 6.45) is 20.7. The van der Waals surface area contributed by atoms with Crippen molar-refractivity contribution in [2.24, 2.45) is 0 Å². The van der Waals surface area contributed by atoms with Crippen LogP contribution in [0, 0.1) is 0 Å². The van der Waals surface area contributed by atoms with E-state index in [0.29, 0.717) is 0 Å². The third-order valence-electron chi connectivity index (χ3n) is 2.43. The lowest BCUT2D eigenvalue weighted by Crippen LogP contribution is -2.24. The molecule has 0 aromatic heterocycles. The number of hydrogen-bond acceptors (Lipinski definition) is 2. The van der Waals surface area contributed by atoms with Crippen molar-refractivity contribution in [3.63, 3.8) is 0 Å². The van der Waals surface area contributed by atoms with Gasteiger partial charge in [-0.1, -0.05) is 12.2 Å². The molecule has 15 heavy (non-hydrogen) atoms. The van der Waals surface area contributed by atoms with Crippen molar-refractivity contribution in [2.75, 3.05) is 0 Å². The quantitative estimate of drug-likeness (QED) is 0.617.